The van der Waals surface area contributed by atoms with Gasteiger partial charge in [0.1, 0.15) is 22.7 Å². The fourth-order valence-corrected chi connectivity index (χ4v) is 6.94. The Hall–Kier alpha value is -6.59. The first-order chi connectivity index (χ1) is 23.8. The highest BCUT2D eigenvalue weighted by molar-refractivity contribution is 6.12. The first-order valence-electron chi connectivity index (χ1n) is 15.9. The Balaban J connectivity index is 1.20. The second-order valence-electron chi connectivity index (χ2n) is 12.0. The van der Waals surface area contributed by atoms with Gasteiger partial charge in [-0.05, 0) is 52.4 Å². The maximum Gasteiger partial charge on any atom is 0.164 e. The molecule has 0 aliphatic carbocycles. The molecule has 9 aromatic rings. The topological polar surface area (TPSA) is 61.0 Å². The van der Waals surface area contributed by atoms with Crippen molar-refractivity contribution in [1.29, 1.82) is 0 Å². The molecule has 0 bridgehead atoms. The molecular formula is C43H25N3O2. The van der Waals surface area contributed by atoms with Crippen molar-refractivity contribution in [3.8, 4) is 67.9 Å². The van der Waals surface area contributed by atoms with Crippen molar-refractivity contribution in [1.82, 2.24) is 15.0 Å². The van der Waals surface area contributed by atoms with E-state index in [0.29, 0.717) is 17.5 Å². The normalized spacial score (nSPS) is 11.9. The van der Waals surface area contributed by atoms with E-state index in [1.165, 1.54) is 0 Å². The van der Waals surface area contributed by atoms with E-state index >= 15 is 0 Å². The molecule has 7 aromatic carbocycles. The molecule has 10 rings (SSSR count). The number of hydrogen-bond acceptors (Lipinski definition) is 5. The Labute approximate surface area is 275 Å². The Kier molecular flexibility index (Phi) is 5.81. The number of nitrogens with zero attached hydrogens (tertiary/aromatic N) is 3. The molecule has 0 saturated carbocycles. The number of ether oxygens (including phenoxy) is 1. The monoisotopic (exact) mass is 615 g/mol. The van der Waals surface area contributed by atoms with Gasteiger partial charge in [0.15, 0.2) is 17.5 Å². The summed E-state index contributed by atoms with van der Waals surface area (Å²) in [5.41, 5.74) is 8.66. The zero-order valence-corrected chi connectivity index (χ0v) is 25.6. The fraction of sp³-hybridized carbons (Fsp3) is 0. The van der Waals surface area contributed by atoms with Crippen molar-refractivity contribution < 1.29 is 9.15 Å². The van der Waals surface area contributed by atoms with Crippen LogP contribution in [0.2, 0.25) is 0 Å². The number of para-hydroxylation sites is 1. The third-order valence-electron chi connectivity index (χ3n) is 9.15. The number of furan rings is 1. The molecule has 0 radical (unpaired) electrons. The molecule has 0 spiro atoms. The van der Waals surface area contributed by atoms with Gasteiger partial charge < -0.3 is 9.15 Å². The highest BCUT2D eigenvalue weighted by atomic mass is 16.5. The second kappa shape index (κ2) is 10.5. The smallest absolute Gasteiger partial charge is 0.164 e. The van der Waals surface area contributed by atoms with Crippen LogP contribution in [0.25, 0.3) is 89.1 Å². The van der Waals surface area contributed by atoms with E-state index in [9.17, 15) is 0 Å². The molecule has 0 atom stereocenters. The SMILES string of the molecule is c1ccc(-c2nc(-c3ccc4c(c3)oc3ccccc34)nc(-c3cccc4c3-c3cccc5c(-c6ccccc6)ccc(c35)O4)n2)cc1. The van der Waals surface area contributed by atoms with E-state index in [4.69, 9.17) is 24.1 Å². The number of fused-ring (bicyclic) bond motifs is 5. The summed E-state index contributed by atoms with van der Waals surface area (Å²) in [6, 6.07) is 51.6. The van der Waals surface area contributed by atoms with Gasteiger partial charge in [-0.1, -0.05) is 121 Å². The van der Waals surface area contributed by atoms with Crippen molar-refractivity contribution in [3.63, 3.8) is 0 Å². The third-order valence-corrected chi connectivity index (χ3v) is 9.15. The minimum Gasteiger partial charge on any atom is -0.456 e. The summed E-state index contributed by atoms with van der Waals surface area (Å²) in [6.45, 7) is 0. The number of rotatable bonds is 4. The van der Waals surface area contributed by atoms with Gasteiger partial charge in [-0.2, -0.15) is 0 Å². The van der Waals surface area contributed by atoms with Crippen molar-refractivity contribution >= 4 is 32.7 Å². The van der Waals surface area contributed by atoms with Crippen LogP contribution in [-0.4, -0.2) is 15.0 Å². The van der Waals surface area contributed by atoms with Crippen molar-refractivity contribution in [2.24, 2.45) is 0 Å². The Bertz CT molecular complexity index is 2700. The summed E-state index contributed by atoms with van der Waals surface area (Å²) in [5.74, 6) is 3.35. The Morgan fingerprint density at radius 1 is 0.375 bits per heavy atom. The van der Waals surface area contributed by atoms with E-state index in [-0.39, 0.29) is 0 Å². The zero-order valence-electron chi connectivity index (χ0n) is 25.6. The minimum atomic E-state index is 0.570. The van der Waals surface area contributed by atoms with Gasteiger partial charge in [-0.25, -0.2) is 15.0 Å². The summed E-state index contributed by atoms with van der Waals surface area (Å²) in [7, 11) is 0. The molecule has 0 fully saturated rings. The van der Waals surface area contributed by atoms with Gasteiger partial charge in [-0.15, -0.1) is 0 Å². The standard InChI is InChI=1S/C43H25N3O2/c1-3-11-26(12-4-1)29-23-24-37-39-32(29)16-9-17-33(39)40-34(18-10-20-36(40)48-37)43-45-41(27-13-5-2-6-14-27)44-42(46-43)28-21-22-31-30-15-7-8-19-35(30)47-38(31)25-28/h1-25H. The van der Waals surface area contributed by atoms with Gasteiger partial charge >= 0.3 is 0 Å². The van der Waals surface area contributed by atoms with Gasteiger partial charge in [0.05, 0.1) is 0 Å². The largest absolute Gasteiger partial charge is 0.456 e. The molecule has 5 nitrogen and oxygen atoms in total. The lowest BCUT2D eigenvalue weighted by Gasteiger charge is -2.24. The Morgan fingerprint density at radius 2 is 1.04 bits per heavy atom. The maximum absolute atomic E-state index is 6.63. The highest BCUT2D eigenvalue weighted by Gasteiger charge is 2.26. The molecule has 0 unspecified atom stereocenters. The van der Waals surface area contributed by atoms with E-state index < -0.39 is 0 Å². The predicted molar refractivity (Wildman–Crippen MR) is 192 cm³/mol. The first-order valence-corrected chi connectivity index (χ1v) is 15.9. The van der Waals surface area contributed by atoms with Crippen molar-refractivity contribution in [2.45, 2.75) is 0 Å². The fourth-order valence-electron chi connectivity index (χ4n) is 6.94. The molecule has 1 aliphatic heterocycles. The molecule has 2 aromatic heterocycles. The van der Waals surface area contributed by atoms with Crippen LogP contribution in [0.4, 0.5) is 0 Å². The van der Waals surface area contributed by atoms with Crippen LogP contribution in [0.3, 0.4) is 0 Å². The summed E-state index contributed by atoms with van der Waals surface area (Å²) < 4.78 is 12.9. The van der Waals surface area contributed by atoms with Crippen molar-refractivity contribution in [2.75, 3.05) is 0 Å². The molecule has 5 heteroatoms. The van der Waals surface area contributed by atoms with Gasteiger partial charge in [0, 0.05) is 38.4 Å². The van der Waals surface area contributed by atoms with Crippen LogP contribution in [0.5, 0.6) is 11.5 Å². The summed E-state index contributed by atoms with van der Waals surface area (Å²) in [6.07, 6.45) is 0. The Morgan fingerprint density at radius 3 is 1.90 bits per heavy atom. The summed E-state index contributed by atoms with van der Waals surface area (Å²) >= 11 is 0. The number of benzene rings is 7. The lowest BCUT2D eigenvalue weighted by Crippen LogP contribution is -2.03. The molecule has 0 N–H and O–H groups in total. The van der Waals surface area contributed by atoms with Crippen LogP contribution >= 0.6 is 0 Å². The highest BCUT2D eigenvalue weighted by Crippen LogP contribution is 2.51. The van der Waals surface area contributed by atoms with Gasteiger partial charge in [0.25, 0.3) is 0 Å². The lowest BCUT2D eigenvalue weighted by atomic mass is 9.88. The summed E-state index contributed by atoms with van der Waals surface area (Å²) in [4.78, 5) is 15.2. The van der Waals surface area contributed by atoms with Gasteiger partial charge in [-0.3, -0.25) is 0 Å². The van der Waals surface area contributed by atoms with Crippen LogP contribution in [0.15, 0.2) is 156 Å². The predicted octanol–water partition coefficient (Wildman–Crippen LogP) is 11.4. The van der Waals surface area contributed by atoms with E-state index in [1.54, 1.807) is 0 Å². The van der Waals surface area contributed by atoms with Crippen LogP contribution < -0.4 is 4.74 Å². The molecule has 1 aliphatic rings. The van der Waals surface area contributed by atoms with Crippen LogP contribution in [0, 0.1) is 0 Å². The summed E-state index contributed by atoms with van der Waals surface area (Å²) in [5, 5.41) is 4.35. The van der Waals surface area contributed by atoms with E-state index in [0.717, 1.165) is 83.2 Å². The maximum atomic E-state index is 6.63. The molecular weight excluding hydrogens is 590 g/mol. The molecule has 0 amide bonds. The number of hydrogen-bond donors (Lipinski definition) is 0. The molecule has 48 heavy (non-hydrogen) atoms. The van der Waals surface area contributed by atoms with Crippen molar-refractivity contribution in [3.05, 3.63) is 152 Å². The lowest BCUT2D eigenvalue weighted by molar-refractivity contribution is 0.487. The van der Waals surface area contributed by atoms with Gasteiger partial charge in [0.2, 0.25) is 0 Å². The van der Waals surface area contributed by atoms with E-state index in [1.807, 2.05) is 72.8 Å². The van der Waals surface area contributed by atoms with E-state index in [2.05, 4.69) is 78.9 Å². The molecule has 3 heterocycles. The van der Waals surface area contributed by atoms with Crippen LogP contribution in [-0.2, 0) is 0 Å². The average molecular weight is 616 g/mol. The molecule has 224 valence electrons. The third kappa shape index (κ3) is 4.15. The van der Waals surface area contributed by atoms with Crippen LogP contribution in [0.1, 0.15) is 0 Å². The average Bonchev–Trinajstić information content (AvgIpc) is 3.53. The first kappa shape index (κ1) is 26.6. The molecule has 0 saturated heterocycles. The zero-order chi connectivity index (χ0) is 31.6. The quantitative estimate of drug-likeness (QED) is 0.197. The second-order valence-corrected chi connectivity index (χ2v) is 12.0. The minimum absolute atomic E-state index is 0.570. The number of aromatic nitrogens is 3.